The Labute approximate surface area is 163 Å². The summed E-state index contributed by atoms with van der Waals surface area (Å²) in [7, 11) is 0. The molecule has 0 atom stereocenters. The van der Waals surface area contributed by atoms with Gasteiger partial charge in [0.2, 0.25) is 5.91 Å². The average Bonchev–Trinajstić information content (AvgIpc) is 2.60. The van der Waals surface area contributed by atoms with Crippen LogP contribution in [-0.2, 0) is 9.53 Å². The number of carbonyl (C=O) groups is 2. The van der Waals surface area contributed by atoms with Crippen LogP contribution >= 0.6 is 0 Å². The lowest BCUT2D eigenvalue weighted by Gasteiger charge is -2.30. The molecular formula is C19H38N4O4. The summed E-state index contributed by atoms with van der Waals surface area (Å²) in [5, 5.41) is 14.7. The van der Waals surface area contributed by atoms with Crippen LogP contribution in [0.25, 0.3) is 0 Å². The molecule has 0 aromatic rings. The van der Waals surface area contributed by atoms with Crippen LogP contribution in [0.1, 0.15) is 59.3 Å². The van der Waals surface area contributed by atoms with Gasteiger partial charge >= 0.3 is 6.09 Å². The summed E-state index contributed by atoms with van der Waals surface area (Å²) < 4.78 is 5.17. The Morgan fingerprint density at radius 1 is 1.19 bits per heavy atom. The Balaban J connectivity index is 0.000000271. The molecular weight excluding hydrogens is 348 g/mol. The molecule has 2 fully saturated rings. The highest BCUT2D eigenvalue weighted by Crippen LogP contribution is 2.10. The van der Waals surface area contributed by atoms with Crippen LogP contribution < -0.4 is 16.4 Å². The van der Waals surface area contributed by atoms with Crippen molar-refractivity contribution in [3.8, 4) is 0 Å². The van der Waals surface area contributed by atoms with Gasteiger partial charge in [-0.2, -0.15) is 0 Å². The van der Waals surface area contributed by atoms with Crippen molar-refractivity contribution < 1.29 is 19.4 Å². The summed E-state index contributed by atoms with van der Waals surface area (Å²) >= 11 is 0. The van der Waals surface area contributed by atoms with Crippen molar-refractivity contribution in [1.29, 1.82) is 0 Å². The second-order valence-corrected chi connectivity index (χ2v) is 8.22. The van der Waals surface area contributed by atoms with Crippen LogP contribution in [-0.4, -0.2) is 72.5 Å². The number of piperidine rings is 2. The van der Waals surface area contributed by atoms with Gasteiger partial charge in [-0.25, -0.2) is 4.79 Å². The first kappa shape index (κ1) is 23.7. The van der Waals surface area contributed by atoms with E-state index in [9.17, 15) is 9.59 Å². The van der Waals surface area contributed by atoms with E-state index in [4.69, 9.17) is 15.6 Å². The molecule has 0 spiro atoms. The van der Waals surface area contributed by atoms with Gasteiger partial charge in [0, 0.05) is 38.2 Å². The maximum atomic E-state index is 11.4. The molecule has 0 aromatic carbocycles. The first-order valence-corrected chi connectivity index (χ1v) is 10.1. The highest BCUT2D eigenvalue weighted by Gasteiger charge is 2.21. The maximum Gasteiger partial charge on any atom is 0.407 e. The smallest absolute Gasteiger partial charge is 0.407 e. The third-order valence-electron chi connectivity index (χ3n) is 4.50. The lowest BCUT2D eigenvalue weighted by molar-refractivity contribution is -0.132. The molecule has 2 rings (SSSR count). The van der Waals surface area contributed by atoms with Gasteiger partial charge in [0.25, 0.3) is 0 Å². The molecule has 8 heteroatoms. The van der Waals surface area contributed by atoms with E-state index in [1.807, 2.05) is 25.7 Å². The first-order valence-electron chi connectivity index (χ1n) is 10.1. The summed E-state index contributed by atoms with van der Waals surface area (Å²) in [5.74, 6) is 0.154. The van der Waals surface area contributed by atoms with E-state index in [1.54, 1.807) is 0 Å². The number of nitrogens with one attached hydrogen (secondary N) is 2. The quantitative estimate of drug-likeness (QED) is 0.572. The van der Waals surface area contributed by atoms with E-state index in [-0.39, 0.29) is 30.7 Å². The Morgan fingerprint density at radius 2 is 1.78 bits per heavy atom. The summed E-state index contributed by atoms with van der Waals surface area (Å²) in [4.78, 5) is 24.7. The molecule has 0 saturated carbocycles. The number of nitrogens with zero attached hydrogens (tertiary/aromatic N) is 1. The standard InChI is InChI=1S/C10H20N2O2.C9H18N2O2/c1-10(2,3)14-9(13)12-8-4-6-11-7-5-8;10-8-3-5-11(6-4-8)9(13)2-1-7-12/h8,11H,4-7H2,1-3H3,(H,12,13);8,12H,1-7,10H2. The minimum absolute atomic E-state index is 0.0963. The molecule has 5 N–H and O–H groups in total. The number of hydrogen-bond acceptors (Lipinski definition) is 6. The normalized spacial score (nSPS) is 19.1. The minimum atomic E-state index is -0.406. The van der Waals surface area contributed by atoms with Crippen LogP contribution in [0.5, 0.6) is 0 Å². The molecule has 2 amide bonds. The number of likely N-dealkylation sites (tertiary alicyclic amines) is 1. The maximum absolute atomic E-state index is 11.4. The lowest BCUT2D eigenvalue weighted by atomic mass is 10.1. The van der Waals surface area contributed by atoms with Crippen molar-refractivity contribution >= 4 is 12.0 Å². The van der Waals surface area contributed by atoms with E-state index in [1.165, 1.54) is 0 Å². The number of aliphatic hydroxyl groups excluding tert-OH is 1. The molecule has 27 heavy (non-hydrogen) atoms. The second kappa shape index (κ2) is 12.2. The van der Waals surface area contributed by atoms with Crippen LogP contribution in [0.15, 0.2) is 0 Å². The van der Waals surface area contributed by atoms with E-state index in [0.29, 0.717) is 12.8 Å². The molecule has 0 aromatic heterocycles. The summed E-state index contributed by atoms with van der Waals surface area (Å²) in [6.07, 6.45) is 4.52. The predicted molar refractivity (Wildman–Crippen MR) is 105 cm³/mol. The fourth-order valence-corrected chi connectivity index (χ4v) is 2.98. The molecule has 2 saturated heterocycles. The zero-order valence-corrected chi connectivity index (χ0v) is 17.1. The Hall–Kier alpha value is -1.38. The number of hydrogen-bond donors (Lipinski definition) is 4. The van der Waals surface area contributed by atoms with Gasteiger partial charge < -0.3 is 31.1 Å². The second-order valence-electron chi connectivity index (χ2n) is 8.22. The van der Waals surface area contributed by atoms with Crippen molar-refractivity contribution in [1.82, 2.24) is 15.5 Å². The van der Waals surface area contributed by atoms with Crippen molar-refractivity contribution in [3.05, 3.63) is 0 Å². The fourth-order valence-electron chi connectivity index (χ4n) is 2.98. The van der Waals surface area contributed by atoms with Gasteiger partial charge in [0.1, 0.15) is 5.60 Å². The van der Waals surface area contributed by atoms with Crippen LogP contribution in [0.4, 0.5) is 4.79 Å². The van der Waals surface area contributed by atoms with Gasteiger partial charge in [0.05, 0.1) is 0 Å². The highest BCUT2D eigenvalue weighted by molar-refractivity contribution is 5.76. The zero-order valence-electron chi connectivity index (χ0n) is 17.1. The molecule has 0 aliphatic carbocycles. The summed E-state index contributed by atoms with van der Waals surface area (Å²) in [6.45, 7) is 9.22. The molecule has 2 heterocycles. The predicted octanol–water partition coefficient (Wildman–Crippen LogP) is 0.972. The molecule has 0 radical (unpaired) electrons. The largest absolute Gasteiger partial charge is 0.444 e. The van der Waals surface area contributed by atoms with Gasteiger partial charge in [-0.3, -0.25) is 4.79 Å². The van der Waals surface area contributed by atoms with Crippen molar-refractivity contribution in [3.63, 3.8) is 0 Å². The van der Waals surface area contributed by atoms with Gasteiger partial charge in [0.15, 0.2) is 0 Å². The number of aliphatic hydroxyl groups is 1. The average molecular weight is 387 g/mol. The van der Waals surface area contributed by atoms with E-state index < -0.39 is 5.60 Å². The molecule has 0 unspecified atom stereocenters. The fraction of sp³-hybridized carbons (Fsp3) is 0.895. The number of rotatable bonds is 4. The third-order valence-corrected chi connectivity index (χ3v) is 4.50. The number of carbonyl (C=O) groups excluding carboxylic acids is 2. The first-order chi connectivity index (χ1) is 12.7. The van der Waals surface area contributed by atoms with Gasteiger partial charge in [-0.15, -0.1) is 0 Å². The van der Waals surface area contributed by atoms with Crippen molar-refractivity contribution in [2.24, 2.45) is 5.73 Å². The summed E-state index contributed by atoms with van der Waals surface area (Å²) in [5.41, 5.74) is 5.31. The van der Waals surface area contributed by atoms with E-state index >= 15 is 0 Å². The van der Waals surface area contributed by atoms with Crippen LogP contribution in [0, 0.1) is 0 Å². The molecule has 0 bridgehead atoms. The molecule has 2 aliphatic rings. The van der Waals surface area contributed by atoms with E-state index in [0.717, 1.165) is 51.9 Å². The molecule has 158 valence electrons. The number of alkyl carbamates (subject to hydrolysis) is 1. The molecule has 8 nitrogen and oxygen atoms in total. The van der Waals surface area contributed by atoms with Crippen molar-refractivity contribution in [2.45, 2.75) is 77.0 Å². The monoisotopic (exact) mass is 386 g/mol. The minimum Gasteiger partial charge on any atom is -0.444 e. The Bertz CT molecular complexity index is 439. The molecule has 2 aliphatic heterocycles. The number of amides is 2. The summed E-state index contributed by atoms with van der Waals surface area (Å²) in [6, 6.07) is 0.535. The number of ether oxygens (including phenoxy) is 1. The Kier molecular flexibility index (Phi) is 10.6. The topological polar surface area (TPSA) is 117 Å². The highest BCUT2D eigenvalue weighted by atomic mass is 16.6. The lowest BCUT2D eigenvalue weighted by Crippen LogP contribution is -2.44. The van der Waals surface area contributed by atoms with E-state index in [2.05, 4.69) is 10.6 Å². The SMILES string of the molecule is CC(C)(C)OC(=O)NC1CCNCC1.NC1CCN(C(=O)CCCO)CC1. The third kappa shape index (κ3) is 11.1. The van der Waals surface area contributed by atoms with Crippen molar-refractivity contribution in [2.75, 3.05) is 32.8 Å². The Morgan fingerprint density at radius 3 is 2.30 bits per heavy atom. The van der Waals surface area contributed by atoms with Crippen LogP contribution in [0.3, 0.4) is 0 Å². The number of nitrogens with two attached hydrogens (primary N) is 1. The zero-order chi connectivity index (χ0) is 20.3. The van der Waals surface area contributed by atoms with Gasteiger partial charge in [-0.1, -0.05) is 0 Å². The van der Waals surface area contributed by atoms with Gasteiger partial charge in [-0.05, 0) is 66.0 Å². The van der Waals surface area contributed by atoms with Crippen LogP contribution in [0.2, 0.25) is 0 Å².